The second kappa shape index (κ2) is 8.56. The van der Waals surface area contributed by atoms with Crippen LogP contribution in [0, 0.1) is 17.0 Å². The van der Waals surface area contributed by atoms with Crippen molar-refractivity contribution in [3.63, 3.8) is 0 Å². The highest BCUT2D eigenvalue weighted by Crippen LogP contribution is 2.21. The first-order valence-corrected chi connectivity index (χ1v) is 7.94. The van der Waals surface area contributed by atoms with Crippen LogP contribution in [0.15, 0.2) is 47.6 Å². The summed E-state index contributed by atoms with van der Waals surface area (Å²) in [5.41, 5.74) is 3.38. The molecule has 2 aromatic carbocycles. The number of nitrogens with one attached hydrogen (secondary N) is 2. The Morgan fingerprint density at radius 3 is 2.63 bits per heavy atom. The van der Waals surface area contributed by atoms with Gasteiger partial charge in [0.25, 0.3) is 11.6 Å². The number of hydrazone groups is 1. The first-order valence-electron chi connectivity index (χ1n) is 7.94. The van der Waals surface area contributed by atoms with Crippen LogP contribution in [0.3, 0.4) is 0 Å². The topological polar surface area (TPSA) is 134 Å². The number of rotatable bonds is 6. The number of hydrogen-bond acceptors (Lipinski definition) is 6. The van der Waals surface area contributed by atoms with Crippen LogP contribution in [0.2, 0.25) is 0 Å². The van der Waals surface area contributed by atoms with Crippen LogP contribution in [0.5, 0.6) is 5.75 Å². The third-order valence-electron chi connectivity index (χ3n) is 3.59. The molecule has 2 aromatic rings. The molecule has 0 aliphatic carbocycles. The fraction of sp³-hybridized carbons (Fsp3) is 0.167. The monoisotopic (exact) mass is 370 g/mol. The van der Waals surface area contributed by atoms with Gasteiger partial charge in [-0.3, -0.25) is 19.7 Å². The molecule has 9 heteroatoms. The van der Waals surface area contributed by atoms with Crippen molar-refractivity contribution in [3.05, 3.63) is 63.7 Å². The number of phenols is 1. The number of anilines is 1. The first-order chi connectivity index (χ1) is 12.8. The summed E-state index contributed by atoms with van der Waals surface area (Å²) in [4.78, 5) is 34.2. The van der Waals surface area contributed by atoms with Crippen LogP contribution in [0.4, 0.5) is 11.4 Å². The molecule has 0 saturated heterocycles. The average Bonchev–Trinajstić information content (AvgIpc) is 2.62. The Balaban J connectivity index is 1.95. The van der Waals surface area contributed by atoms with Crippen LogP contribution in [0.1, 0.15) is 29.3 Å². The fourth-order valence-corrected chi connectivity index (χ4v) is 2.22. The van der Waals surface area contributed by atoms with E-state index in [0.29, 0.717) is 11.3 Å². The molecule has 0 radical (unpaired) electrons. The third-order valence-corrected chi connectivity index (χ3v) is 3.59. The molecule has 9 nitrogen and oxygen atoms in total. The molecule has 0 spiro atoms. The van der Waals surface area contributed by atoms with Gasteiger partial charge in [0.15, 0.2) is 0 Å². The molecule has 27 heavy (non-hydrogen) atoms. The number of aryl methyl sites for hydroxylation is 1. The highest BCUT2D eigenvalue weighted by atomic mass is 16.6. The number of nitrogens with zero attached hydrogens (tertiary/aromatic N) is 2. The Hall–Kier alpha value is -3.75. The molecule has 0 atom stereocenters. The number of phenolic OH excluding ortho intramolecular Hbond substituents is 1. The zero-order chi connectivity index (χ0) is 20.0. The molecule has 0 aromatic heterocycles. The van der Waals surface area contributed by atoms with E-state index < -0.39 is 16.7 Å². The number of non-ortho nitro benzene ring substituents is 1. The van der Waals surface area contributed by atoms with Gasteiger partial charge in [0, 0.05) is 23.5 Å². The lowest BCUT2D eigenvalue weighted by Gasteiger charge is -2.07. The van der Waals surface area contributed by atoms with Crippen LogP contribution in [-0.2, 0) is 4.79 Å². The van der Waals surface area contributed by atoms with Gasteiger partial charge in [0.1, 0.15) is 5.75 Å². The van der Waals surface area contributed by atoms with Gasteiger partial charge in [0.2, 0.25) is 5.91 Å². The number of nitro benzene ring substituents is 1. The molecule has 0 aliphatic heterocycles. The van der Waals surface area contributed by atoms with Crippen molar-refractivity contribution < 1.29 is 19.6 Å². The maximum absolute atomic E-state index is 12.1. The quantitative estimate of drug-likeness (QED) is 0.408. The highest BCUT2D eigenvalue weighted by molar-refractivity contribution is 6.06. The summed E-state index contributed by atoms with van der Waals surface area (Å²) < 4.78 is 0. The minimum absolute atomic E-state index is 0.0765. The number of amides is 2. The maximum Gasteiger partial charge on any atom is 0.275 e. The molecule has 0 saturated carbocycles. The third kappa shape index (κ3) is 5.36. The number of aromatic hydroxyl groups is 1. The molecule has 140 valence electrons. The first kappa shape index (κ1) is 19.6. The van der Waals surface area contributed by atoms with Crippen molar-refractivity contribution >= 4 is 28.9 Å². The normalized spacial score (nSPS) is 11.0. The number of carbonyl (C=O) groups excluding carboxylic acids is 2. The molecule has 2 rings (SSSR count). The van der Waals surface area contributed by atoms with Crippen LogP contribution < -0.4 is 10.7 Å². The summed E-state index contributed by atoms with van der Waals surface area (Å²) in [5, 5.41) is 27.0. The average molecular weight is 370 g/mol. The summed E-state index contributed by atoms with van der Waals surface area (Å²) in [6.45, 7) is 3.21. The molecular formula is C18H18N4O5. The number of para-hydroxylation sites is 1. The molecule has 0 aliphatic rings. The van der Waals surface area contributed by atoms with E-state index in [-0.39, 0.29) is 29.1 Å². The van der Waals surface area contributed by atoms with Gasteiger partial charge in [-0.25, -0.2) is 5.43 Å². The maximum atomic E-state index is 12.1. The Labute approximate surface area is 154 Å². The molecule has 0 heterocycles. The van der Waals surface area contributed by atoms with Crippen molar-refractivity contribution in [1.82, 2.24) is 5.43 Å². The summed E-state index contributed by atoms with van der Waals surface area (Å²) in [7, 11) is 0. The fourth-order valence-electron chi connectivity index (χ4n) is 2.22. The van der Waals surface area contributed by atoms with Gasteiger partial charge in [-0.05, 0) is 31.5 Å². The Bertz CT molecular complexity index is 924. The SMILES string of the molecule is C/C(CC(=O)Nc1cccc([N+](=O)[O-])c1)=N/NC(=O)c1cccc(C)c1O. The number of hydrogen-bond donors (Lipinski definition) is 3. The molecule has 0 fully saturated rings. The molecule has 0 bridgehead atoms. The van der Waals surface area contributed by atoms with Crippen molar-refractivity contribution in [2.24, 2.45) is 5.10 Å². The highest BCUT2D eigenvalue weighted by Gasteiger charge is 2.13. The van der Waals surface area contributed by atoms with Gasteiger partial charge in [-0.2, -0.15) is 5.10 Å². The van der Waals surface area contributed by atoms with Gasteiger partial charge in [-0.1, -0.05) is 18.2 Å². The molecule has 2 amide bonds. The summed E-state index contributed by atoms with van der Waals surface area (Å²) in [6.07, 6.45) is -0.122. The van der Waals surface area contributed by atoms with Crippen molar-refractivity contribution in [1.29, 1.82) is 0 Å². The Morgan fingerprint density at radius 2 is 1.93 bits per heavy atom. The van der Waals surface area contributed by atoms with Gasteiger partial charge >= 0.3 is 0 Å². The van der Waals surface area contributed by atoms with E-state index in [2.05, 4.69) is 15.8 Å². The van der Waals surface area contributed by atoms with Gasteiger partial charge in [0.05, 0.1) is 16.9 Å². The second-order valence-electron chi connectivity index (χ2n) is 5.79. The number of nitro groups is 1. The lowest BCUT2D eigenvalue weighted by atomic mass is 10.1. The number of carbonyl (C=O) groups is 2. The van der Waals surface area contributed by atoms with Crippen LogP contribution in [0.25, 0.3) is 0 Å². The Kier molecular flexibility index (Phi) is 6.21. The Morgan fingerprint density at radius 1 is 1.22 bits per heavy atom. The van der Waals surface area contributed by atoms with Crippen molar-refractivity contribution in [2.75, 3.05) is 5.32 Å². The molecule has 3 N–H and O–H groups in total. The molecule has 0 unspecified atom stereocenters. The summed E-state index contributed by atoms with van der Waals surface area (Å²) >= 11 is 0. The summed E-state index contributed by atoms with van der Waals surface area (Å²) in [6, 6.07) is 10.3. The zero-order valence-electron chi connectivity index (χ0n) is 14.7. The van der Waals surface area contributed by atoms with E-state index in [1.807, 2.05) is 0 Å². The second-order valence-corrected chi connectivity index (χ2v) is 5.79. The van der Waals surface area contributed by atoms with E-state index in [9.17, 15) is 24.8 Å². The predicted octanol–water partition coefficient (Wildman–Crippen LogP) is 2.74. The van der Waals surface area contributed by atoms with E-state index in [1.165, 1.54) is 30.3 Å². The van der Waals surface area contributed by atoms with E-state index in [4.69, 9.17) is 0 Å². The largest absolute Gasteiger partial charge is 0.507 e. The minimum Gasteiger partial charge on any atom is -0.507 e. The van der Waals surface area contributed by atoms with Crippen molar-refractivity contribution in [2.45, 2.75) is 20.3 Å². The lowest BCUT2D eigenvalue weighted by Crippen LogP contribution is -2.21. The molecular weight excluding hydrogens is 352 g/mol. The minimum atomic E-state index is -0.602. The smallest absolute Gasteiger partial charge is 0.275 e. The standard InChI is InChI=1S/C18H18N4O5/c1-11-5-3-8-15(17(11)24)18(25)21-20-12(2)9-16(23)19-13-6-4-7-14(10-13)22(26)27/h3-8,10,24H,9H2,1-2H3,(H,19,23)(H,21,25)/b20-12-. The van der Waals surface area contributed by atoms with Crippen LogP contribution in [-0.4, -0.2) is 27.6 Å². The predicted molar refractivity (Wildman–Crippen MR) is 99.8 cm³/mol. The zero-order valence-corrected chi connectivity index (χ0v) is 14.7. The van der Waals surface area contributed by atoms with Gasteiger partial charge < -0.3 is 10.4 Å². The summed E-state index contributed by atoms with van der Waals surface area (Å²) in [5.74, 6) is -1.18. The number of benzene rings is 2. The van der Waals surface area contributed by atoms with Crippen LogP contribution >= 0.6 is 0 Å². The van der Waals surface area contributed by atoms with Gasteiger partial charge in [-0.15, -0.1) is 0 Å². The van der Waals surface area contributed by atoms with E-state index >= 15 is 0 Å². The van der Waals surface area contributed by atoms with E-state index in [0.717, 1.165) is 0 Å². The van der Waals surface area contributed by atoms with Crippen molar-refractivity contribution in [3.8, 4) is 5.75 Å². The lowest BCUT2D eigenvalue weighted by molar-refractivity contribution is -0.384. The van der Waals surface area contributed by atoms with E-state index in [1.54, 1.807) is 26.0 Å².